The van der Waals surface area contributed by atoms with Crippen LogP contribution in [0.5, 0.6) is 0 Å². The number of nitrogens with zero attached hydrogens (tertiary/aromatic N) is 2. The Bertz CT molecular complexity index is 281. The van der Waals surface area contributed by atoms with E-state index in [1.165, 1.54) is 25.7 Å². The van der Waals surface area contributed by atoms with Crippen molar-refractivity contribution in [2.45, 2.75) is 56.1 Å². The molecule has 2 N–H and O–H groups in total. The van der Waals surface area contributed by atoms with Crippen LogP contribution in [0.4, 0.5) is 0 Å². The molecule has 0 amide bonds. The molecule has 0 saturated heterocycles. The van der Waals surface area contributed by atoms with Crippen molar-refractivity contribution in [2.24, 2.45) is 0 Å². The van der Waals surface area contributed by atoms with Gasteiger partial charge in [0, 0.05) is 17.6 Å². The van der Waals surface area contributed by atoms with Gasteiger partial charge in [-0.05, 0) is 72.8 Å². The maximum absolute atomic E-state index is 9.75. The summed E-state index contributed by atoms with van der Waals surface area (Å²) in [4.78, 5) is 4.74. The lowest BCUT2D eigenvalue weighted by atomic mass is 9.98. The van der Waals surface area contributed by atoms with E-state index in [1.54, 1.807) is 0 Å². The first kappa shape index (κ1) is 15.2. The van der Waals surface area contributed by atoms with Crippen LogP contribution >= 0.6 is 0 Å². The average molecular weight is 269 g/mol. The molecule has 2 atom stereocenters. The number of rotatable bonds is 8. The quantitative estimate of drug-likeness (QED) is 0.687. The Labute approximate surface area is 118 Å². The molecule has 4 nitrogen and oxygen atoms in total. The molecule has 2 aliphatic rings. The van der Waals surface area contributed by atoms with Crippen molar-refractivity contribution in [3.63, 3.8) is 0 Å². The maximum Gasteiger partial charge on any atom is 0.0614 e. The van der Waals surface area contributed by atoms with E-state index in [0.29, 0.717) is 18.7 Å². The summed E-state index contributed by atoms with van der Waals surface area (Å²) in [7, 11) is 6.50. The van der Waals surface area contributed by atoms with E-state index >= 15 is 0 Å². The summed E-state index contributed by atoms with van der Waals surface area (Å²) in [5.41, 5.74) is 0.0155. The van der Waals surface area contributed by atoms with Crippen molar-refractivity contribution in [2.75, 3.05) is 40.8 Å². The Hall–Kier alpha value is -0.160. The zero-order chi connectivity index (χ0) is 13.9. The summed E-state index contributed by atoms with van der Waals surface area (Å²) in [5, 5.41) is 13.4. The van der Waals surface area contributed by atoms with Gasteiger partial charge in [0.25, 0.3) is 0 Å². The first-order chi connectivity index (χ1) is 9.04. The molecular formula is C15H31N3O. The monoisotopic (exact) mass is 269 g/mol. The van der Waals surface area contributed by atoms with E-state index < -0.39 is 0 Å². The highest BCUT2D eigenvalue weighted by atomic mass is 16.3. The molecule has 0 aromatic rings. The highest BCUT2D eigenvalue weighted by Gasteiger charge is 2.42. The molecule has 2 saturated carbocycles. The van der Waals surface area contributed by atoms with Crippen LogP contribution in [0.3, 0.4) is 0 Å². The molecule has 0 aliphatic heterocycles. The van der Waals surface area contributed by atoms with Gasteiger partial charge in [-0.25, -0.2) is 0 Å². The molecule has 0 bridgehead atoms. The lowest BCUT2D eigenvalue weighted by Crippen LogP contribution is -2.48. The van der Waals surface area contributed by atoms with Crippen molar-refractivity contribution in [3.8, 4) is 0 Å². The second-order valence-corrected chi connectivity index (χ2v) is 6.89. The smallest absolute Gasteiger partial charge is 0.0614 e. The van der Waals surface area contributed by atoms with Crippen LogP contribution in [0.15, 0.2) is 0 Å². The van der Waals surface area contributed by atoms with Crippen molar-refractivity contribution in [1.82, 2.24) is 15.1 Å². The molecule has 0 aromatic carbocycles. The molecule has 0 heterocycles. The molecule has 2 aliphatic carbocycles. The topological polar surface area (TPSA) is 38.7 Å². The predicted octanol–water partition coefficient (Wildman–Crippen LogP) is 0.906. The maximum atomic E-state index is 9.75. The fraction of sp³-hybridized carbons (Fsp3) is 1.00. The fourth-order valence-electron chi connectivity index (χ4n) is 3.27. The van der Waals surface area contributed by atoms with Crippen LogP contribution in [0.1, 0.15) is 38.5 Å². The van der Waals surface area contributed by atoms with E-state index in [-0.39, 0.29) is 5.54 Å². The van der Waals surface area contributed by atoms with Gasteiger partial charge < -0.3 is 20.2 Å². The average Bonchev–Trinajstić information content (AvgIpc) is 3.06. The normalized spacial score (nSPS) is 31.6. The first-order valence-electron chi connectivity index (χ1n) is 7.78. The lowest BCUT2D eigenvalue weighted by Gasteiger charge is -2.31. The Morgan fingerprint density at radius 1 is 1.16 bits per heavy atom. The molecule has 0 spiro atoms. The third kappa shape index (κ3) is 4.42. The van der Waals surface area contributed by atoms with Crippen molar-refractivity contribution in [1.29, 1.82) is 0 Å². The fourth-order valence-corrected chi connectivity index (χ4v) is 3.27. The predicted molar refractivity (Wildman–Crippen MR) is 79.4 cm³/mol. The van der Waals surface area contributed by atoms with Gasteiger partial charge in [-0.15, -0.1) is 0 Å². The minimum Gasteiger partial charge on any atom is -0.394 e. The zero-order valence-corrected chi connectivity index (χ0v) is 12.9. The summed E-state index contributed by atoms with van der Waals surface area (Å²) in [6.07, 6.45) is 7.28. The third-order valence-corrected chi connectivity index (χ3v) is 4.71. The number of hydrogen-bond donors (Lipinski definition) is 2. The molecule has 2 rings (SSSR count). The lowest BCUT2D eigenvalue weighted by molar-refractivity contribution is 0.147. The number of aliphatic hydroxyl groups excluding tert-OH is 1. The summed E-state index contributed by atoms with van der Waals surface area (Å²) >= 11 is 0. The molecular weight excluding hydrogens is 238 g/mol. The Balaban J connectivity index is 1.75. The van der Waals surface area contributed by atoms with Crippen molar-refractivity contribution >= 4 is 0 Å². The second-order valence-electron chi connectivity index (χ2n) is 6.89. The number of aliphatic hydroxyl groups is 1. The second kappa shape index (κ2) is 6.53. The number of nitrogens with one attached hydrogen (secondary N) is 1. The SMILES string of the molecule is CN(C)CCCN(C)C1CCC(CO)(NC2CC2)C1. The minimum atomic E-state index is 0.0155. The molecule has 2 fully saturated rings. The van der Waals surface area contributed by atoms with E-state index in [0.717, 1.165) is 25.9 Å². The highest BCUT2D eigenvalue weighted by molar-refractivity contribution is 5.02. The molecule has 0 aromatic heterocycles. The number of hydrogen-bond acceptors (Lipinski definition) is 4. The molecule has 19 heavy (non-hydrogen) atoms. The highest BCUT2D eigenvalue weighted by Crippen LogP contribution is 2.35. The van der Waals surface area contributed by atoms with Crippen LogP contribution in [0.2, 0.25) is 0 Å². The van der Waals surface area contributed by atoms with Gasteiger partial charge in [-0.3, -0.25) is 0 Å². The molecule has 2 unspecified atom stereocenters. The van der Waals surface area contributed by atoms with E-state index in [4.69, 9.17) is 0 Å². The standard InChI is InChI=1S/C15H31N3O/c1-17(2)9-4-10-18(3)14-7-8-15(11-14,12-19)16-13-5-6-13/h13-14,16,19H,4-12H2,1-3H3. The minimum absolute atomic E-state index is 0.0155. The molecule has 0 radical (unpaired) electrons. The third-order valence-electron chi connectivity index (χ3n) is 4.71. The van der Waals surface area contributed by atoms with E-state index in [9.17, 15) is 5.11 Å². The molecule has 112 valence electrons. The van der Waals surface area contributed by atoms with Gasteiger partial charge in [-0.2, -0.15) is 0 Å². The van der Waals surface area contributed by atoms with Crippen LogP contribution < -0.4 is 5.32 Å². The summed E-state index contributed by atoms with van der Waals surface area (Å²) < 4.78 is 0. The van der Waals surface area contributed by atoms with Gasteiger partial charge in [-0.1, -0.05) is 0 Å². The van der Waals surface area contributed by atoms with Crippen LogP contribution in [0, 0.1) is 0 Å². The van der Waals surface area contributed by atoms with E-state index in [2.05, 4.69) is 36.3 Å². The Kier molecular flexibility index (Phi) is 5.23. The van der Waals surface area contributed by atoms with Gasteiger partial charge in [0.05, 0.1) is 6.61 Å². The van der Waals surface area contributed by atoms with Gasteiger partial charge in [0.2, 0.25) is 0 Å². The van der Waals surface area contributed by atoms with Gasteiger partial charge in [0.15, 0.2) is 0 Å². The summed E-state index contributed by atoms with van der Waals surface area (Å²) in [6, 6.07) is 1.32. The van der Waals surface area contributed by atoms with Gasteiger partial charge >= 0.3 is 0 Å². The zero-order valence-electron chi connectivity index (χ0n) is 12.9. The van der Waals surface area contributed by atoms with E-state index in [1.807, 2.05) is 0 Å². The van der Waals surface area contributed by atoms with Crippen LogP contribution in [-0.2, 0) is 0 Å². The van der Waals surface area contributed by atoms with Crippen molar-refractivity contribution < 1.29 is 5.11 Å². The Morgan fingerprint density at radius 2 is 1.89 bits per heavy atom. The molecule has 4 heteroatoms. The summed E-state index contributed by atoms with van der Waals surface area (Å²) in [6.45, 7) is 2.61. The summed E-state index contributed by atoms with van der Waals surface area (Å²) in [5.74, 6) is 0. The van der Waals surface area contributed by atoms with Crippen LogP contribution in [0.25, 0.3) is 0 Å². The van der Waals surface area contributed by atoms with Crippen LogP contribution in [-0.4, -0.2) is 73.4 Å². The largest absolute Gasteiger partial charge is 0.394 e. The van der Waals surface area contributed by atoms with Crippen molar-refractivity contribution in [3.05, 3.63) is 0 Å². The first-order valence-corrected chi connectivity index (χ1v) is 7.78. The Morgan fingerprint density at radius 3 is 2.47 bits per heavy atom. The van der Waals surface area contributed by atoms with Gasteiger partial charge in [0.1, 0.15) is 0 Å².